The smallest absolute Gasteiger partial charge is 0.217 e. The summed E-state index contributed by atoms with van der Waals surface area (Å²) in [5.74, 6) is 0.184. The van der Waals surface area contributed by atoms with Crippen molar-refractivity contribution < 1.29 is 14.6 Å². The second-order valence-corrected chi connectivity index (χ2v) is 4.08. The largest absolute Gasteiger partial charge is 0.390 e. The summed E-state index contributed by atoms with van der Waals surface area (Å²) in [6.45, 7) is 3.49. The Labute approximate surface area is 77.3 Å². The number of hydrogen-bond donors (Lipinski definition) is 2. The van der Waals surface area contributed by atoms with E-state index in [9.17, 15) is 9.90 Å². The number of epoxide rings is 1. The Kier molecular flexibility index (Phi) is 2.04. The van der Waals surface area contributed by atoms with Crippen molar-refractivity contribution in [1.29, 1.82) is 0 Å². The summed E-state index contributed by atoms with van der Waals surface area (Å²) in [7, 11) is 0. The Morgan fingerprint density at radius 1 is 1.54 bits per heavy atom. The lowest BCUT2D eigenvalue weighted by Gasteiger charge is -2.27. The van der Waals surface area contributed by atoms with Crippen molar-refractivity contribution in [3.05, 3.63) is 0 Å². The number of carbonyl (C=O) groups is 1. The molecule has 0 spiro atoms. The molecule has 0 radical (unpaired) electrons. The standard InChI is InChI=1S/C9H15NO3/c1-4-3-6(10-5(2)11)8-9(13-8)7(4)12/h4,6-9,12H,3H2,1-2H3,(H,10,11). The second-order valence-electron chi connectivity index (χ2n) is 4.08. The molecule has 4 heteroatoms. The normalized spacial score (nSPS) is 48.1. The van der Waals surface area contributed by atoms with E-state index in [-0.39, 0.29) is 36.2 Å². The average molecular weight is 185 g/mol. The summed E-state index contributed by atoms with van der Waals surface area (Å²) < 4.78 is 5.31. The van der Waals surface area contributed by atoms with E-state index in [0.717, 1.165) is 6.42 Å². The molecular formula is C9H15NO3. The van der Waals surface area contributed by atoms with E-state index < -0.39 is 0 Å². The summed E-state index contributed by atoms with van der Waals surface area (Å²) in [5, 5.41) is 12.5. The zero-order chi connectivity index (χ0) is 9.59. The first-order chi connectivity index (χ1) is 6.09. The molecule has 1 aliphatic carbocycles. The zero-order valence-corrected chi connectivity index (χ0v) is 7.86. The molecule has 2 fully saturated rings. The van der Waals surface area contributed by atoms with E-state index in [0.29, 0.717) is 0 Å². The van der Waals surface area contributed by atoms with Gasteiger partial charge >= 0.3 is 0 Å². The molecule has 0 aromatic carbocycles. The molecule has 1 aliphatic heterocycles. The van der Waals surface area contributed by atoms with E-state index in [4.69, 9.17) is 4.74 Å². The highest BCUT2D eigenvalue weighted by Crippen LogP contribution is 2.39. The first kappa shape index (κ1) is 8.97. The monoisotopic (exact) mass is 185 g/mol. The van der Waals surface area contributed by atoms with Crippen molar-refractivity contribution in [2.45, 2.75) is 44.6 Å². The maximum Gasteiger partial charge on any atom is 0.217 e. The minimum Gasteiger partial charge on any atom is -0.390 e. The summed E-state index contributed by atoms with van der Waals surface area (Å²) in [6, 6.07) is 0.0981. The Balaban J connectivity index is 1.97. The van der Waals surface area contributed by atoms with E-state index in [1.807, 2.05) is 6.92 Å². The van der Waals surface area contributed by atoms with Crippen molar-refractivity contribution in [1.82, 2.24) is 5.32 Å². The van der Waals surface area contributed by atoms with Crippen molar-refractivity contribution in [3.63, 3.8) is 0 Å². The van der Waals surface area contributed by atoms with Gasteiger partial charge in [-0.05, 0) is 12.3 Å². The van der Waals surface area contributed by atoms with Crippen LogP contribution in [0.15, 0.2) is 0 Å². The number of amides is 1. The number of aliphatic hydroxyl groups is 1. The predicted octanol–water partition coefficient (Wildman–Crippen LogP) is -0.341. The molecular weight excluding hydrogens is 170 g/mol. The highest BCUT2D eigenvalue weighted by molar-refractivity contribution is 5.73. The minimum absolute atomic E-state index is 0.0251. The van der Waals surface area contributed by atoms with E-state index >= 15 is 0 Å². The van der Waals surface area contributed by atoms with Gasteiger partial charge < -0.3 is 15.2 Å². The molecule has 74 valence electrons. The van der Waals surface area contributed by atoms with Gasteiger partial charge in [0.15, 0.2) is 0 Å². The number of nitrogens with one attached hydrogen (secondary N) is 1. The van der Waals surface area contributed by atoms with Crippen molar-refractivity contribution in [3.8, 4) is 0 Å². The molecule has 13 heavy (non-hydrogen) atoms. The lowest BCUT2D eigenvalue weighted by molar-refractivity contribution is -0.120. The second kappa shape index (κ2) is 2.96. The van der Waals surface area contributed by atoms with Crippen LogP contribution >= 0.6 is 0 Å². The van der Waals surface area contributed by atoms with Gasteiger partial charge in [0.05, 0.1) is 12.1 Å². The third-order valence-corrected chi connectivity index (χ3v) is 2.89. The van der Waals surface area contributed by atoms with Gasteiger partial charge in [-0.1, -0.05) is 6.92 Å². The Bertz CT molecular complexity index is 229. The number of hydrogen-bond acceptors (Lipinski definition) is 3. The Morgan fingerprint density at radius 2 is 2.23 bits per heavy atom. The zero-order valence-electron chi connectivity index (χ0n) is 7.86. The maximum absolute atomic E-state index is 10.8. The molecule has 1 heterocycles. The van der Waals surface area contributed by atoms with Gasteiger partial charge in [-0.15, -0.1) is 0 Å². The fourth-order valence-electron chi connectivity index (χ4n) is 2.13. The predicted molar refractivity (Wildman–Crippen MR) is 46.1 cm³/mol. The molecule has 4 nitrogen and oxygen atoms in total. The van der Waals surface area contributed by atoms with E-state index in [2.05, 4.69) is 5.32 Å². The van der Waals surface area contributed by atoms with Crippen molar-refractivity contribution >= 4 is 5.91 Å². The number of rotatable bonds is 1. The Hall–Kier alpha value is -0.610. The van der Waals surface area contributed by atoms with Gasteiger partial charge in [0.1, 0.15) is 12.2 Å². The van der Waals surface area contributed by atoms with E-state index in [1.54, 1.807) is 0 Å². The molecule has 2 rings (SSSR count). The molecule has 0 bridgehead atoms. The minimum atomic E-state index is -0.352. The lowest BCUT2D eigenvalue weighted by Crippen LogP contribution is -2.46. The van der Waals surface area contributed by atoms with Gasteiger partial charge in [0, 0.05) is 6.92 Å². The average Bonchev–Trinajstić information content (AvgIpc) is 2.77. The molecule has 1 amide bonds. The first-order valence-electron chi connectivity index (χ1n) is 4.70. The maximum atomic E-state index is 10.8. The third kappa shape index (κ3) is 1.56. The topological polar surface area (TPSA) is 61.9 Å². The highest BCUT2D eigenvalue weighted by atomic mass is 16.6. The molecule has 0 aromatic rings. The van der Waals surface area contributed by atoms with Gasteiger partial charge in [-0.25, -0.2) is 0 Å². The quantitative estimate of drug-likeness (QED) is 0.549. The molecule has 2 aliphatic rings. The summed E-state index contributed by atoms with van der Waals surface area (Å²) in [4.78, 5) is 10.8. The molecule has 5 atom stereocenters. The first-order valence-corrected chi connectivity index (χ1v) is 4.70. The fraction of sp³-hybridized carbons (Fsp3) is 0.889. The molecule has 1 saturated heterocycles. The van der Waals surface area contributed by atoms with Crippen LogP contribution in [0.1, 0.15) is 20.3 Å². The number of carbonyl (C=O) groups excluding carboxylic acids is 1. The highest BCUT2D eigenvalue weighted by Gasteiger charge is 2.55. The summed E-state index contributed by atoms with van der Waals surface area (Å²) in [5.41, 5.74) is 0. The van der Waals surface area contributed by atoms with Gasteiger partial charge in [-0.3, -0.25) is 4.79 Å². The van der Waals surface area contributed by atoms with Crippen LogP contribution in [0.4, 0.5) is 0 Å². The Morgan fingerprint density at radius 3 is 2.85 bits per heavy atom. The van der Waals surface area contributed by atoms with Crippen LogP contribution in [0.5, 0.6) is 0 Å². The molecule has 1 saturated carbocycles. The van der Waals surface area contributed by atoms with Crippen LogP contribution < -0.4 is 5.32 Å². The van der Waals surface area contributed by atoms with Crippen LogP contribution in [0.2, 0.25) is 0 Å². The number of ether oxygens (including phenoxy) is 1. The SMILES string of the molecule is CC(=O)NC1CC(C)C(O)C2OC12. The van der Waals surface area contributed by atoms with Crippen LogP contribution in [0, 0.1) is 5.92 Å². The van der Waals surface area contributed by atoms with Gasteiger partial charge in [0.2, 0.25) is 5.91 Å². The molecule has 5 unspecified atom stereocenters. The van der Waals surface area contributed by atoms with Crippen LogP contribution in [-0.2, 0) is 9.53 Å². The van der Waals surface area contributed by atoms with Crippen LogP contribution in [-0.4, -0.2) is 35.4 Å². The van der Waals surface area contributed by atoms with Crippen molar-refractivity contribution in [2.24, 2.45) is 5.92 Å². The molecule has 0 aromatic heterocycles. The molecule has 2 N–H and O–H groups in total. The number of fused-ring (bicyclic) bond motifs is 1. The van der Waals surface area contributed by atoms with E-state index in [1.165, 1.54) is 6.92 Å². The van der Waals surface area contributed by atoms with Gasteiger partial charge in [0.25, 0.3) is 0 Å². The lowest BCUT2D eigenvalue weighted by atomic mass is 9.84. The summed E-state index contributed by atoms with van der Waals surface area (Å²) >= 11 is 0. The fourth-order valence-corrected chi connectivity index (χ4v) is 2.13. The third-order valence-electron chi connectivity index (χ3n) is 2.89. The van der Waals surface area contributed by atoms with Crippen LogP contribution in [0.25, 0.3) is 0 Å². The van der Waals surface area contributed by atoms with Crippen LogP contribution in [0.3, 0.4) is 0 Å². The number of aliphatic hydroxyl groups excluding tert-OH is 1. The summed E-state index contributed by atoms with van der Waals surface area (Å²) in [6.07, 6.45) is 0.466. The van der Waals surface area contributed by atoms with Crippen molar-refractivity contribution in [2.75, 3.05) is 0 Å². The van der Waals surface area contributed by atoms with Gasteiger partial charge in [-0.2, -0.15) is 0 Å².